The van der Waals surface area contributed by atoms with Crippen LogP contribution in [0.15, 0.2) is 12.0 Å². The van der Waals surface area contributed by atoms with Crippen LogP contribution in [-0.2, 0) is 19.1 Å². The minimum absolute atomic E-state index is 0.257. The first-order valence-corrected chi connectivity index (χ1v) is 3.04. The zero-order valence-corrected chi connectivity index (χ0v) is 6.71. The molecule has 0 rings (SSSR count). The molecule has 0 saturated carbocycles. The zero-order chi connectivity index (χ0) is 8.85. The zero-order valence-electron chi connectivity index (χ0n) is 6.71. The van der Waals surface area contributed by atoms with Crippen LogP contribution in [0, 0.1) is 0 Å². The molecule has 0 aromatic rings. The largest absolute Gasteiger partial charge is 0.431 e. The topological polar surface area (TPSA) is 52.6 Å². The van der Waals surface area contributed by atoms with Gasteiger partial charge in [-0.1, -0.05) is 0 Å². The van der Waals surface area contributed by atoms with Gasteiger partial charge in [0.15, 0.2) is 0 Å². The number of rotatable bonds is 2. The summed E-state index contributed by atoms with van der Waals surface area (Å²) in [6.07, 6.45) is 1.09. The summed E-state index contributed by atoms with van der Waals surface area (Å²) in [4.78, 5) is 20.5. The summed E-state index contributed by atoms with van der Waals surface area (Å²) in [7, 11) is 0. The van der Waals surface area contributed by atoms with Crippen LogP contribution in [0.4, 0.5) is 0 Å². The Labute approximate surface area is 64.8 Å². The van der Waals surface area contributed by atoms with E-state index < -0.39 is 11.9 Å². The molecule has 0 aliphatic heterocycles. The molecule has 0 amide bonds. The van der Waals surface area contributed by atoms with Crippen molar-refractivity contribution < 1.29 is 19.1 Å². The molecular formula is C7H10O4. The van der Waals surface area contributed by atoms with Gasteiger partial charge in [0.25, 0.3) is 0 Å². The number of carbonyl (C=O) groups excluding carboxylic acids is 2. The molecule has 0 bridgehead atoms. The van der Waals surface area contributed by atoms with Crippen molar-refractivity contribution in [2.24, 2.45) is 0 Å². The molecule has 4 nitrogen and oxygen atoms in total. The first-order valence-electron chi connectivity index (χ1n) is 3.04. The molecule has 0 atom stereocenters. The van der Waals surface area contributed by atoms with Gasteiger partial charge in [-0.2, -0.15) is 0 Å². The standard InChI is InChI=1S/C7H10O4/c1-5(11-7(3)9)4-10-6(2)8/h4H,1-3H3. The summed E-state index contributed by atoms with van der Waals surface area (Å²) >= 11 is 0. The van der Waals surface area contributed by atoms with Crippen molar-refractivity contribution in [2.75, 3.05) is 0 Å². The monoisotopic (exact) mass is 158 g/mol. The summed E-state index contributed by atoms with van der Waals surface area (Å²) in [5.74, 6) is -0.630. The van der Waals surface area contributed by atoms with E-state index in [1.165, 1.54) is 20.8 Å². The highest BCUT2D eigenvalue weighted by atomic mass is 16.6. The maximum Gasteiger partial charge on any atom is 0.307 e. The number of ether oxygens (including phenoxy) is 2. The van der Waals surface area contributed by atoms with Crippen molar-refractivity contribution in [3.8, 4) is 0 Å². The summed E-state index contributed by atoms with van der Waals surface area (Å²) in [6, 6.07) is 0. The molecule has 62 valence electrons. The van der Waals surface area contributed by atoms with Gasteiger partial charge in [0.05, 0.1) is 0 Å². The molecule has 0 heterocycles. The van der Waals surface area contributed by atoms with Crippen molar-refractivity contribution in [1.29, 1.82) is 0 Å². The summed E-state index contributed by atoms with van der Waals surface area (Å²) < 4.78 is 8.97. The first kappa shape index (κ1) is 9.68. The fourth-order valence-corrected chi connectivity index (χ4v) is 0.417. The van der Waals surface area contributed by atoms with Gasteiger partial charge < -0.3 is 9.47 Å². The van der Waals surface area contributed by atoms with Crippen LogP contribution >= 0.6 is 0 Å². The van der Waals surface area contributed by atoms with Crippen LogP contribution in [0.2, 0.25) is 0 Å². The number of allylic oxidation sites excluding steroid dienone is 1. The van der Waals surface area contributed by atoms with Crippen molar-refractivity contribution in [1.82, 2.24) is 0 Å². The van der Waals surface area contributed by atoms with Crippen LogP contribution in [0.1, 0.15) is 20.8 Å². The van der Waals surface area contributed by atoms with Crippen molar-refractivity contribution >= 4 is 11.9 Å². The summed E-state index contributed by atoms with van der Waals surface area (Å²) in [5, 5.41) is 0. The molecule has 0 N–H and O–H groups in total. The van der Waals surface area contributed by atoms with E-state index in [0.717, 1.165) is 6.26 Å². The maximum atomic E-state index is 10.3. The molecule has 0 fully saturated rings. The van der Waals surface area contributed by atoms with E-state index in [4.69, 9.17) is 0 Å². The third-order valence-electron chi connectivity index (χ3n) is 0.696. The van der Waals surface area contributed by atoms with E-state index in [1.807, 2.05) is 0 Å². The van der Waals surface area contributed by atoms with E-state index in [1.54, 1.807) is 0 Å². The van der Waals surface area contributed by atoms with E-state index in [9.17, 15) is 9.59 Å². The van der Waals surface area contributed by atoms with Crippen LogP contribution in [0.5, 0.6) is 0 Å². The molecule has 0 radical (unpaired) electrons. The third kappa shape index (κ3) is 6.57. The molecule has 4 heteroatoms. The molecule has 0 spiro atoms. The molecule has 0 aliphatic rings. The van der Waals surface area contributed by atoms with E-state index in [0.29, 0.717) is 0 Å². The van der Waals surface area contributed by atoms with Gasteiger partial charge in [0.2, 0.25) is 0 Å². The number of esters is 2. The third-order valence-corrected chi connectivity index (χ3v) is 0.696. The predicted octanol–water partition coefficient (Wildman–Crippen LogP) is 0.974. The fourth-order valence-electron chi connectivity index (χ4n) is 0.417. The van der Waals surface area contributed by atoms with Gasteiger partial charge in [0.1, 0.15) is 12.0 Å². The Kier molecular flexibility index (Phi) is 3.95. The molecule has 0 aliphatic carbocycles. The average molecular weight is 158 g/mol. The lowest BCUT2D eigenvalue weighted by Crippen LogP contribution is -1.98. The Morgan fingerprint density at radius 2 is 1.64 bits per heavy atom. The fraction of sp³-hybridized carbons (Fsp3) is 0.429. The molecule has 0 saturated heterocycles. The maximum absolute atomic E-state index is 10.3. The molecule has 11 heavy (non-hydrogen) atoms. The van der Waals surface area contributed by atoms with Gasteiger partial charge >= 0.3 is 11.9 Å². The van der Waals surface area contributed by atoms with E-state index >= 15 is 0 Å². The number of hydrogen-bond donors (Lipinski definition) is 0. The van der Waals surface area contributed by atoms with Gasteiger partial charge in [-0.3, -0.25) is 9.59 Å². The second kappa shape index (κ2) is 4.49. The lowest BCUT2D eigenvalue weighted by Gasteiger charge is -1.98. The van der Waals surface area contributed by atoms with Crippen LogP contribution in [0.3, 0.4) is 0 Å². The number of hydrogen-bond acceptors (Lipinski definition) is 4. The quantitative estimate of drug-likeness (QED) is 0.444. The SMILES string of the molecule is CC(=O)OC=C(C)OC(C)=O. The highest BCUT2D eigenvalue weighted by Crippen LogP contribution is 1.95. The lowest BCUT2D eigenvalue weighted by molar-refractivity contribution is -0.139. The Morgan fingerprint density at radius 1 is 1.09 bits per heavy atom. The Hall–Kier alpha value is -1.32. The highest BCUT2D eigenvalue weighted by molar-refractivity contribution is 5.68. The Bertz CT molecular complexity index is 193. The second-order valence-corrected chi connectivity index (χ2v) is 1.93. The van der Waals surface area contributed by atoms with Crippen molar-refractivity contribution in [2.45, 2.75) is 20.8 Å². The minimum atomic E-state index is -0.448. The first-order chi connectivity index (χ1) is 5.02. The Balaban J connectivity index is 3.81. The molecule has 0 unspecified atom stereocenters. The average Bonchev–Trinajstić information content (AvgIpc) is 1.82. The van der Waals surface area contributed by atoms with Gasteiger partial charge in [-0.05, 0) is 6.92 Å². The van der Waals surface area contributed by atoms with Gasteiger partial charge in [0, 0.05) is 13.8 Å². The molecule has 0 aromatic heterocycles. The molecular weight excluding hydrogens is 148 g/mol. The number of carbonyl (C=O) groups is 2. The van der Waals surface area contributed by atoms with Crippen molar-refractivity contribution in [3.05, 3.63) is 12.0 Å². The van der Waals surface area contributed by atoms with Crippen molar-refractivity contribution in [3.63, 3.8) is 0 Å². The highest BCUT2D eigenvalue weighted by Gasteiger charge is 1.95. The van der Waals surface area contributed by atoms with Gasteiger partial charge in [-0.15, -0.1) is 0 Å². The lowest BCUT2D eigenvalue weighted by atomic mass is 10.6. The Morgan fingerprint density at radius 3 is 2.00 bits per heavy atom. The predicted molar refractivity (Wildman–Crippen MR) is 37.3 cm³/mol. The van der Waals surface area contributed by atoms with Crippen LogP contribution in [0.25, 0.3) is 0 Å². The van der Waals surface area contributed by atoms with Gasteiger partial charge in [-0.25, -0.2) is 0 Å². The van der Waals surface area contributed by atoms with E-state index in [-0.39, 0.29) is 5.76 Å². The van der Waals surface area contributed by atoms with Crippen LogP contribution in [-0.4, -0.2) is 11.9 Å². The minimum Gasteiger partial charge on any atom is -0.431 e. The van der Waals surface area contributed by atoms with Crippen LogP contribution < -0.4 is 0 Å². The summed E-state index contributed by atoms with van der Waals surface area (Å²) in [6.45, 7) is 4.05. The smallest absolute Gasteiger partial charge is 0.307 e. The van der Waals surface area contributed by atoms with E-state index in [2.05, 4.69) is 9.47 Å². The summed E-state index contributed by atoms with van der Waals surface area (Å²) in [5.41, 5.74) is 0. The second-order valence-electron chi connectivity index (χ2n) is 1.93. The normalized spacial score (nSPS) is 10.6. The molecule has 0 aromatic carbocycles.